The van der Waals surface area contributed by atoms with Crippen molar-refractivity contribution in [1.29, 1.82) is 0 Å². The zero-order valence-electron chi connectivity index (χ0n) is 23.2. The number of fused-ring (bicyclic) bond motifs is 1. The van der Waals surface area contributed by atoms with Crippen molar-refractivity contribution in [2.24, 2.45) is 4.99 Å². The number of ether oxygens (including phenoxy) is 3. The number of nitro benzene ring substituents is 1. The van der Waals surface area contributed by atoms with Crippen molar-refractivity contribution in [3.63, 3.8) is 0 Å². The number of hydrogen-bond donors (Lipinski definition) is 0. The lowest BCUT2D eigenvalue weighted by Gasteiger charge is -2.24. The van der Waals surface area contributed by atoms with Gasteiger partial charge in [0.15, 0.2) is 16.3 Å². The molecule has 3 aromatic carbocycles. The number of alkyl halides is 3. The van der Waals surface area contributed by atoms with Crippen molar-refractivity contribution in [3.8, 4) is 17.2 Å². The fourth-order valence-electron chi connectivity index (χ4n) is 4.69. The fraction of sp³-hybridized carbons (Fsp3) is 0.167. The van der Waals surface area contributed by atoms with Gasteiger partial charge in [0.25, 0.3) is 5.56 Å². The molecule has 2 heterocycles. The van der Waals surface area contributed by atoms with Gasteiger partial charge in [-0.2, -0.15) is 13.2 Å². The van der Waals surface area contributed by atoms with Gasteiger partial charge in [-0.25, -0.2) is 9.79 Å². The molecule has 226 valence electrons. The van der Waals surface area contributed by atoms with Gasteiger partial charge in [-0.05, 0) is 48.4 Å². The molecule has 44 heavy (non-hydrogen) atoms. The molecule has 14 heteroatoms. The quantitative estimate of drug-likeness (QED) is 0.158. The Hall–Kier alpha value is -5.24. The molecule has 1 aliphatic heterocycles. The maximum Gasteiger partial charge on any atom is 0.416 e. The van der Waals surface area contributed by atoms with Gasteiger partial charge in [0.2, 0.25) is 5.75 Å². The normalized spacial score (nSPS) is 15.0. The second-order valence-corrected chi connectivity index (χ2v) is 10.4. The molecule has 1 aliphatic rings. The lowest BCUT2D eigenvalue weighted by Crippen LogP contribution is -2.39. The van der Waals surface area contributed by atoms with Crippen LogP contribution in [-0.2, 0) is 15.7 Å². The van der Waals surface area contributed by atoms with Gasteiger partial charge in [0.1, 0.15) is 0 Å². The minimum absolute atomic E-state index is 0.00334. The Bertz CT molecular complexity index is 2000. The number of benzene rings is 3. The highest BCUT2D eigenvalue weighted by Crippen LogP contribution is 2.40. The van der Waals surface area contributed by atoms with E-state index in [1.165, 1.54) is 30.9 Å². The maximum atomic E-state index is 13.7. The fourth-order valence-corrected chi connectivity index (χ4v) is 5.74. The van der Waals surface area contributed by atoms with Crippen LogP contribution in [0, 0.1) is 10.1 Å². The van der Waals surface area contributed by atoms with Crippen LogP contribution in [0.5, 0.6) is 17.2 Å². The van der Waals surface area contributed by atoms with E-state index in [2.05, 4.69) is 4.99 Å². The number of hydrogen-bond acceptors (Lipinski definition) is 9. The van der Waals surface area contributed by atoms with Gasteiger partial charge in [-0.15, -0.1) is 0 Å². The van der Waals surface area contributed by atoms with Crippen molar-refractivity contribution in [1.82, 2.24) is 4.57 Å². The first kappa shape index (κ1) is 30.2. The number of carbonyl (C=O) groups is 1. The first-order chi connectivity index (χ1) is 20.9. The minimum atomic E-state index is -4.78. The smallest absolute Gasteiger partial charge is 0.416 e. The number of esters is 1. The average Bonchev–Trinajstić information content (AvgIpc) is 3.30. The van der Waals surface area contributed by atoms with Crippen LogP contribution in [0.4, 0.5) is 18.9 Å². The summed E-state index contributed by atoms with van der Waals surface area (Å²) < 4.78 is 57.0. The molecule has 0 radical (unpaired) electrons. The molecule has 0 amide bonds. The van der Waals surface area contributed by atoms with Crippen LogP contribution >= 0.6 is 11.3 Å². The molecule has 0 bridgehead atoms. The van der Waals surface area contributed by atoms with Crippen LogP contribution in [0.1, 0.15) is 29.7 Å². The number of halogens is 3. The third-order valence-corrected chi connectivity index (χ3v) is 7.71. The van der Waals surface area contributed by atoms with Crippen LogP contribution in [-0.4, -0.2) is 29.7 Å². The van der Waals surface area contributed by atoms with Crippen molar-refractivity contribution >= 4 is 29.1 Å². The Morgan fingerprint density at radius 3 is 2.39 bits per heavy atom. The van der Waals surface area contributed by atoms with E-state index in [-0.39, 0.29) is 21.6 Å². The molecule has 1 atom stereocenters. The summed E-state index contributed by atoms with van der Waals surface area (Å²) in [6.07, 6.45) is -3.20. The molecule has 1 unspecified atom stereocenters. The standard InChI is InChI=1S/C30H22F3N3O7S/c1-16-25(28(38)42-3)26(18-7-5-4-6-8-18)35-27(37)24(44-29(35)34-16)14-17-9-11-22(23(13-17)41-2)43-21-12-10-19(30(31,32)33)15-20(21)36(39)40/h4-15,26H,1-3H3. The topological polar surface area (TPSA) is 122 Å². The van der Waals surface area contributed by atoms with E-state index >= 15 is 0 Å². The zero-order chi connectivity index (χ0) is 31.8. The second-order valence-electron chi connectivity index (χ2n) is 9.43. The Balaban J connectivity index is 1.56. The number of allylic oxidation sites excluding steroid dienone is 1. The summed E-state index contributed by atoms with van der Waals surface area (Å²) in [7, 11) is 2.57. The number of aromatic nitrogens is 1. The van der Waals surface area contributed by atoms with Gasteiger partial charge < -0.3 is 14.2 Å². The van der Waals surface area contributed by atoms with Gasteiger partial charge in [-0.3, -0.25) is 19.5 Å². The molecule has 0 aliphatic carbocycles. The van der Waals surface area contributed by atoms with Gasteiger partial charge in [-0.1, -0.05) is 47.7 Å². The van der Waals surface area contributed by atoms with E-state index in [9.17, 15) is 32.9 Å². The summed E-state index contributed by atoms with van der Waals surface area (Å²) in [5, 5.41) is 11.5. The van der Waals surface area contributed by atoms with Gasteiger partial charge in [0, 0.05) is 6.07 Å². The Morgan fingerprint density at radius 1 is 1.05 bits per heavy atom. The molecule has 4 aromatic rings. The summed E-state index contributed by atoms with van der Waals surface area (Å²) in [6.45, 7) is 1.67. The first-order valence-corrected chi connectivity index (χ1v) is 13.6. The Morgan fingerprint density at radius 2 is 1.75 bits per heavy atom. The second kappa shape index (κ2) is 11.8. The molecular formula is C30H22F3N3O7S. The third kappa shape index (κ3) is 5.71. The molecule has 1 aromatic heterocycles. The summed E-state index contributed by atoms with van der Waals surface area (Å²) in [4.78, 5) is 41.9. The molecule has 10 nitrogen and oxygen atoms in total. The number of methoxy groups -OCH3 is 2. The zero-order valence-corrected chi connectivity index (χ0v) is 24.1. The van der Waals surface area contributed by atoms with E-state index in [1.54, 1.807) is 43.3 Å². The maximum absolute atomic E-state index is 13.7. The summed E-state index contributed by atoms with van der Waals surface area (Å²) >= 11 is 1.11. The van der Waals surface area contributed by atoms with E-state index < -0.39 is 45.7 Å². The number of carbonyl (C=O) groups excluding carboxylic acids is 1. The molecular weight excluding hydrogens is 603 g/mol. The van der Waals surface area contributed by atoms with Crippen molar-refractivity contribution < 1.29 is 37.1 Å². The highest BCUT2D eigenvalue weighted by molar-refractivity contribution is 7.07. The highest BCUT2D eigenvalue weighted by atomic mass is 32.1. The van der Waals surface area contributed by atoms with Crippen LogP contribution < -0.4 is 24.4 Å². The predicted molar refractivity (Wildman–Crippen MR) is 153 cm³/mol. The summed E-state index contributed by atoms with van der Waals surface area (Å²) in [5.41, 5.74) is -0.643. The molecule has 0 spiro atoms. The van der Waals surface area contributed by atoms with E-state index in [1.807, 2.05) is 6.07 Å². The summed E-state index contributed by atoms with van der Waals surface area (Å²) in [5.74, 6) is -0.925. The van der Waals surface area contributed by atoms with E-state index in [4.69, 9.17) is 14.2 Å². The SMILES string of the molecule is COC(=O)C1=C(C)N=c2sc(=Cc3ccc(Oc4ccc(C(F)(F)F)cc4[N+](=O)[O-])c(OC)c3)c(=O)n2C1c1ccccc1. The van der Waals surface area contributed by atoms with Crippen LogP contribution in [0.2, 0.25) is 0 Å². The van der Waals surface area contributed by atoms with Crippen LogP contribution in [0.3, 0.4) is 0 Å². The van der Waals surface area contributed by atoms with E-state index in [0.29, 0.717) is 33.8 Å². The van der Waals surface area contributed by atoms with Crippen LogP contribution in [0.25, 0.3) is 6.08 Å². The number of nitrogens with zero attached hydrogens (tertiary/aromatic N) is 3. The molecule has 0 saturated heterocycles. The third-order valence-electron chi connectivity index (χ3n) is 6.73. The molecule has 0 saturated carbocycles. The average molecular weight is 626 g/mol. The number of rotatable bonds is 7. The minimum Gasteiger partial charge on any atom is -0.493 e. The lowest BCUT2D eigenvalue weighted by molar-refractivity contribution is -0.385. The Kier molecular flexibility index (Phi) is 8.11. The van der Waals surface area contributed by atoms with Crippen LogP contribution in [0.15, 0.2) is 87.8 Å². The predicted octanol–water partition coefficient (Wildman–Crippen LogP) is 5.14. The van der Waals surface area contributed by atoms with Crippen molar-refractivity contribution in [3.05, 3.63) is 124 Å². The molecule has 5 rings (SSSR count). The van der Waals surface area contributed by atoms with Crippen molar-refractivity contribution in [2.75, 3.05) is 14.2 Å². The summed E-state index contributed by atoms with van der Waals surface area (Å²) in [6, 6.07) is 14.6. The molecule has 0 fully saturated rings. The van der Waals surface area contributed by atoms with Gasteiger partial charge >= 0.3 is 17.8 Å². The van der Waals surface area contributed by atoms with E-state index in [0.717, 1.165) is 17.4 Å². The van der Waals surface area contributed by atoms with Crippen molar-refractivity contribution in [2.45, 2.75) is 19.1 Å². The number of thiazole rings is 1. The monoisotopic (exact) mass is 625 g/mol. The highest BCUT2D eigenvalue weighted by Gasteiger charge is 2.34. The largest absolute Gasteiger partial charge is 0.493 e. The van der Waals surface area contributed by atoms with Gasteiger partial charge in [0.05, 0.1) is 46.6 Å². The lowest BCUT2D eigenvalue weighted by atomic mass is 9.96. The number of nitro groups is 1. The Labute approximate surface area is 250 Å². The first-order valence-electron chi connectivity index (χ1n) is 12.8. The molecule has 0 N–H and O–H groups in total.